The maximum Gasteiger partial charge on any atom is 0.341 e. The molecule has 0 saturated carbocycles. The van der Waals surface area contributed by atoms with Crippen LogP contribution in [0.15, 0.2) is 30.3 Å². The summed E-state index contributed by atoms with van der Waals surface area (Å²) in [7, 11) is 1.55. The van der Waals surface area contributed by atoms with Gasteiger partial charge in [-0.25, -0.2) is 9.78 Å². The largest absolute Gasteiger partial charge is 0.497 e. The van der Waals surface area contributed by atoms with Crippen LogP contribution in [0.5, 0.6) is 17.2 Å². The monoisotopic (exact) mass is 394 g/mol. The Morgan fingerprint density at radius 3 is 2.72 bits per heavy atom. The summed E-state index contributed by atoms with van der Waals surface area (Å²) < 4.78 is 21.5. The number of benzene rings is 2. The lowest BCUT2D eigenvalue weighted by molar-refractivity contribution is -0.386. The molecule has 3 heterocycles. The molecule has 0 fully saturated rings. The molecule has 0 unspecified atom stereocenters. The first kappa shape index (κ1) is 17.2. The number of hydrogen-bond donors (Lipinski definition) is 0. The molecule has 2 aliphatic heterocycles. The summed E-state index contributed by atoms with van der Waals surface area (Å²) in [6.45, 7) is 0.551. The summed E-state index contributed by atoms with van der Waals surface area (Å²) in [6.07, 6.45) is 0. The maximum atomic E-state index is 12.5. The van der Waals surface area contributed by atoms with Gasteiger partial charge in [0, 0.05) is 23.1 Å². The summed E-state index contributed by atoms with van der Waals surface area (Å²) in [5, 5.41) is 12.3. The minimum absolute atomic E-state index is 0.0426. The number of methoxy groups -OCH3 is 1. The van der Waals surface area contributed by atoms with Gasteiger partial charge in [-0.3, -0.25) is 10.1 Å². The van der Waals surface area contributed by atoms with Crippen molar-refractivity contribution >= 4 is 22.6 Å². The van der Waals surface area contributed by atoms with Gasteiger partial charge in [-0.2, -0.15) is 0 Å². The number of nitrogens with zero attached hydrogens (tertiary/aromatic N) is 2. The second-order valence-electron chi connectivity index (χ2n) is 6.54. The van der Waals surface area contributed by atoms with E-state index in [1.165, 1.54) is 6.07 Å². The molecule has 9 heteroatoms. The number of ether oxygens (including phenoxy) is 4. The molecule has 29 heavy (non-hydrogen) atoms. The number of cyclic esters (lactones) is 1. The van der Waals surface area contributed by atoms with Gasteiger partial charge in [0.15, 0.2) is 5.75 Å². The first-order chi connectivity index (χ1) is 14.1. The van der Waals surface area contributed by atoms with Crippen LogP contribution in [0.1, 0.15) is 16.1 Å². The van der Waals surface area contributed by atoms with E-state index >= 15 is 0 Å². The van der Waals surface area contributed by atoms with Crippen molar-refractivity contribution in [2.24, 2.45) is 0 Å². The number of nitro benzene ring substituents is 1. The highest BCUT2D eigenvalue weighted by Gasteiger charge is 2.32. The van der Waals surface area contributed by atoms with Crippen LogP contribution in [0.3, 0.4) is 0 Å². The van der Waals surface area contributed by atoms with Gasteiger partial charge in [0.05, 0.1) is 28.8 Å². The summed E-state index contributed by atoms with van der Waals surface area (Å²) >= 11 is 0. The average Bonchev–Trinajstić information content (AvgIpc) is 3.10. The van der Waals surface area contributed by atoms with Crippen molar-refractivity contribution in [1.82, 2.24) is 4.98 Å². The van der Waals surface area contributed by atoms with E-state index in [0.717, 1.165) is 0 Å². The molecule has 0 radical (unpaired) electrons. The molecule has 2 aromatic carbocycles. The molecule has 0 N–H and O–H groups in total. The van der Waals surface area contributed by atoms with Crippen molar-refractivity contribution in [3.05, 3.63) is 51.7 Å². The summed E-state index contributed by atoms with van der Waals surface area (Å²) in [4.78, 5) is 28.1. The minimum Gasteiger partial charge on any atom is -0.497 e. The van der Waals surface area contributed by atoms with Gasteiger partial charge in [0.25, 0.3) is 0 Å². The van der Waals surface area contributed by atoms with Crippen molar-refractivity contribution in [3.8, 4) is 28.4 Å². The van der Waals surface area contributed by atoms with Crippen molar-refractivity contribution in [1.29, 1.82) is 0 Å². The number of carbonyl (C=O) groups is 1. The van der Waals surface area contributed by atoms with E-state index in [9.17, 15) is 14.9 Å². The van der Waals surface area contributed by atoms with Gasteiger partial charge < -0.3 is 18.9 Å². The molecule has 5 rings (SSSR count). The van der Waals surface area contributed by atoms with Crippen LogP contribution in [0.4, 0.5) is 5.69 Å². The van der Waals surface area contributed by atoms with Gasteiger partial charge in [0.1, 0.15) is 25.6 Å². The highest BCUT2D eigenvalue weighted by atomic mass is 16.6. The van der Waals surface area contributed by atoms with E-state index in [4.69, 9.17) is 18.9 Å². The van der Waals surface area contributed by atoms with Crippen molar-refractivity contribution in [3.63, 3.8) is 0 Å². The average molecular weight is 394 g/mol. The number of carbonyl (C=O) groups excluding carboxylic acids is 1. The molecule has 3 aromatic rings. The van der Waals surface area contributed by atoms with Gasteiger partial charge in [-0.15, -0.1) is 0 Å². The number of aromatic nitrogens is 1. The van der Waals surface area contributed by atoms with Crippen LogP contribution in [0.2, 0.25) is 0 Å². The van der Waals surface area contributed by atoms with Gasteiger partial charge in [-0.1, -0.05) is 0 Å². The lowest BCUT2D eigenvalue weighted by atomic mass is 9.94. The van der Waals surface area contributed by atoms with E-state index in [2.05, 4.69) is 4.98 Å². The second-order valence-corrected chi connectivity index (χ2v) is 6.54. The van der Waals surface area contributed by atoms with Gasteiger partial charge in [-0.05, 0) is 23.8 Å². The molecule has 0 bridgehead atoms. The first-order valence-corrected chi connectivity index (χ1v) is 8.83. The quantitative estimate of drug-likeness (QED) is 0.378. The van der Waals surface area contributed by atoms with Crippen molar-refractivity contribution in [2.75, 3.05) is 20.3 Å². The Morgan fingerprint density at radius 2 is 1.93 bits per heavy atom. The van der Waals surface area contributed by atoms with Crippen LogP contribution in [-0.2, 0) is 11.3 Å². The lowest BCUT2D eigenvalue weighted by Crippen LogP contribution is -2.16. The van der Waals surface area contributed by atoms with E-state index in [0.29, 0.717) is 39.0 Å². The fourth-order valence-electron chi connectivity index (χ4n) is 3.67. The van der Waals surface area contributed by atoms with Gasteiger partial charge in [0.2, 0.25) is 5.75 Å². The van der Waals surface area contributed by atoms with Crippen LogP contribution < -0.4 is 14.2 Å². The molecule has 146 valence electrons. The smallest absolute Gasteiger partial charge is 0.341 e. The summed E-state index contributed by atoms with van der Waals surface area (Å²) in [5.74, 6) is 0.440. The number of nitro groups is 1. The maximum absolute atomic E-state index is 12.5. The summed E-state index contributed by atoms with van der Waals surface area (Å²) in [5.41, 5.74) is 2.10. The number of hydrogen-bond acceptors (Lipinski definition) is 8. The fourth-order valence-corrected chi connectivity index (χ4v) is 3.67. The molecule has 1 aromatic heterocycles. The van der Waals surface area contributed by atoms with Crippen LogP contribution in [0, 0.1) is 10.1 Å². The first-order valence-electron chi connectivity index (χ1n) is 8.83. The Bertz CT molecular complexity index is 1210. The molecule has 0 aliphatic carbocycles. The van der Waals surface area contributed by atoms with Crippen molar-refractivity contribution < 1.29 is 28.7 Å². The zero-order chi connectivity index (χ0) is 20.1. The SMILES string of the molecule is COc1ccc2c(-c3cc4c(c([N+](=O)[O-])c3)OCCO4)c3c(nc2c1)COC3=O. The Balaban J connectivity index is 1.85. The number of fused-ring (bicyclic) bond motifs is 3. The molecule has 2 aliphatic rings. The molecule has 0 spiro atoms. The van der Waals surface area contributed by atoms with Gasteiger partial charge >= 0.3 is 11.7 Å². The predicted molar refractivity (Wildman–Crippen MR) is 100 cm³/mol. The molecular formula is C20H14N2O7. The van der Waals surface area contributed by atoms with Crippen LogP contribution in [0.25, 0.3) is 22.0 Å². The summed E-state index contributed by atoms with van der Waals surface area (Å²) in [6, 6.07) is 8.29. The molecule has 0 atom stereocenters. The topological polar surface area (TPSA) is 110 Å². The van der Waals surface area contributed by atoms with Crippen molar-refractivity contribution in [2.45, 2.75) is 6.61 Å². The standard InChI is InChI=1S/C20H14N2O7/c1-26-11-2-3-12-13(8-11)21-14-9-29-20(23)18(14)17(12)10-6-15(22(24)25)19-16(7-10)27-4-5-28-19/h2-3,6-8H,4-5,9H2,1H3. The van der Waals surface area contributed by atoms with E-state index in [1.54, 1.807) is 31.4 Å². The zero-order valence-corrected chi connectivity index (χ0v) is 15.3. The van der Waals surface area contributed by atoms with E-state index in [1.807, 2.05) is 0 Å². The third kappa shape index (κ3) is 2.62. The molecule has 0 amide bonds. The molecule has 0 saturated heterocycles. The lowest BCUT2D eigenvalue weighted by Gasteiger charge is -2.20. The molecular weight excluding hydrogens is 380 g/mol. The minimum atomic E-state index is -0.526. The Morgan fingerprint density at radius 1 is 1.10 bits per heavy atom. The normalized spacial score (nSPS) is 14.4. The van der Waals surface area contributed by atoms with E-state index in [-0.39, 0.29) is 37.0 Å². The second kappa shape index (κ2) is 6.33. The predicted octanol–water partition coefficient (Wildman–Crippen LogP) is 3.26. The number of pyridine rings is 1. The highest BCUT2D eigenvalue weighted by Crippen LogP contribution is 2.46. The highest BCUT2D eigenvalue weighted by molar-refractivity contribution is 6.09. The third-order valence-corrected chi connectivity index (χ3v) is 4.92. The number of rotatable bonds is 3. The third-order valence-electron chi connectivity index (χ3n) is 4.92. The zero-order valence-electron chi connectivity index (χ0n) is 15.3. The Kier molecular flexibility index (Phi) is 3.76. The Labute approximate surface area is 163 Å². The Hall–Kier alpha value is -3.88. The van der Waals surface area contributed by atoms with Crippen LogP contribution in [-0.4, -0.2) is 36.2 Å². The van der Waals surface area contributed by atoms with Crippen LogP contribution >= 0.6 is 0 Å². The van der Waals surface area contributed by atoms with E-state index < -0.39 is 10.9 Å². The fraction of sp³-hybridized carbons (Fsp3) is 0.200. The number of esters is 1. The molecule has 9 nitrogen and oxygen atoms in total.